The zero-order chi connectivity index (χ0) is 13.6. The van der Waals surface area contributed by atoms with Gasteiger partial charge in [-0.15, -0.1) is 0 Å². The molecule has 2 rings (SSSR count). The molecule has 0 radical (unpaired) electrons. The van der Waals surface area contributed by atoms with Crippen LogP contribution in [0.4, 0.5) is 0 Å². The van der Waals surface area contributed by atoms with E-state index in [0.717, 1.165) is 5.92 Å². The van der Waals surface area contributed by atoms with Gasteiger partial charge in [-0.05, 0) is 17.9 Å². The van der Waals surface area contributed by atoms with Gasteiger partial charge in [0, 0.05) is 0 Å². The molecular formula is C18H32. The van der Waals surface area contributed by atoms with E-state index in [2.05, 4.69) is 58.0 Å². The van der Waals surface area contributed by atoms with Gasteiger partial charge < -0.3 is 0 Å². The number of aryl methyl sites for hydroxylation is 1. The van der Waals surface area contributed by atoms with Gasteiger partial charge in [0.2, 0.25) is 0 Å². The van der Waals surface area contributed by atoms with Gasteiger partial charge in [-0.2, -0.15) is 0 Å². The van der Waals surface area contributed by atoms with E-state index >= 15 is 0 Å². The van der Waals surface area contributed by atoms with Gasteiger partial charge in [-0.1, -0.05) is 96.6 Å². The first-order valence-electron chi connectivity index (χ1n) is 7.70. The van der Waals surface area contributed by atoms with E-state index in [9.17, 15) is 0 Å². The van der Waals surface area contributed by atoms with Crippen LogP contribution in [0.1, 0.15) is 71.8 Å². The molecule has 1 saturated carbocycles. The summed E-state index contributed by atoms with van der Waals surface area (Å²) >= 11 is 0. The number of benzene rings is 1. The molecule has 1 fully saturated rings. The smallest absolute Gasteiger partial charge is 0.0281 e. The van der Waals surface area contributed by atoms with Crippen LogP contribution in [0.5, 0.6) is 0 Å². The Balaban J connectivity index is 0.000000272. The van der Waals surface area contributed by atoms with Crippen molar-refractivity contribution in [2.45, 2.75) is 72.6 Å². The molecule has 1 aliphatic rings. The van der Waals surface area contributed by atoms with Crippen LogP contribution in [0.2, 0.25) is 0 Å². The van der Waals surface area contributed by atoms with Crippen molar-refractivity contribution in [1.82, 2.24) is 0 Å². The molecule has 1 aliphatic carbocycles. The van der Waals surface area contributed by atoms with Crippen LogP contribution in [0.25, 0.3) is 0 Å². The molecule has 0 nitrogen and oxygen atoms in total. The second kappa shape index (κ2) is 12.7. The average Bonchev–Trinajstić information content (AvgIpc) is 2.88. The van der Waals surface area contributed by atoms with Crippen molar-refractivity contribution >= 4 is 0 Å². The number of hydrogen-bond acceptors (Lipinski definition) is 0. The first-order chi connectivity index (χ1) is 8.66. The van der Waals surface area contributed by atoms with Crippen LogP contribution in [-0.2, 0) is 6.42 Å². The number of rotatable bonds is 2. The predicted octanol–water partition coefficient (Wildman–Crippen LogP) is 6.25. The fraction of sp³-hybridized carbons (Fsp3) is 0.667. The highest BCUT2D eigenvalue weighted by Gasteiger charge is 1.95. The molecule has 0 aromatic heterocycles. The van der Waals surface area contributed by atoms with Crippen molar-refractivity contribution < 1.29 is 0 Å². The van der Waals surface area contributed by atoms with Gasteiger partial charge in [-0.3, -0.25) is 0 Å². The average molecular weight is 248 g/mol. The Bertz CT molecular complexity index is 234. The normalized spacial score (nSPS) is 13.4. The summed E-state index contributed by atoms with van der Waals surface area (Å²) in [6, 6.07) is 10.6. The van der Waals surface area contributed by atoms with Crippen LogP contribution in [-0.4, -0.2) is 0 Å². The molecule has 0 unspecified atom stereocenters. The molecule has 0 spiro atoms. The molecule has 0 heterocycles. The molecule has 0 heteroatoms. The van der Waals surface area contributed by atoms with Crippen LogP contribution in [0, 0.1) is 5.92 Å². The van der Waals surface area contributed by atoms with E-state index in [1.54, 1.807) is 0 Å². The molecule has 104 valence electrons. The van der Waals surface area contributed by atoms with Gasteiger partial charge in [0.05, 0.1) is 0 Å². The van der Waals surface area contributed by atoms with E-state index < -0.39 is 0 Å². The summed E-state index contributed by atoms with van der Waals surface area (Å²) in [5.41, 5.74) is 1.44. The van der Waals surface area contributed by atoms with Crippen LogP contribution in [0.15, 0.2) is 30.3 Å². The number of hydrogen-bond donors (Lipinski definition) is 0. The van der Waals surface area contributed by atoms with Crippen molar-refractivity contribution in [3.63, 3.8) is 0 Å². The summed E-state index contributed by atoms with van der Waals surface area (Å²) in [6.07, 6.45) is 9.95. The fourth-order valence-corrected chi connectivity index (χ4v) is 1.82. The highest BCUT2D eigenvalue weighted by molar-refractivity contribution is 5.14. The maximum Gasteiger partial charge on any atom is -0.0281 e. The zero-order valence-corrected chi connectivity index (χ0v) is 12.9. The molecule has 18 heavy (non-hydrogen) atoms. The summed E-state index contributed by atoms with van der Waals surface area (Å²) in [5.74, 6) is 0.833. The van der Waals surface area contributed by atoms with Crippen molar-refractivity contribution in [1.29, 1.82) is 0 Å². The largest absolute Gasteiger partial charge is 0.0651 e. The second-order valence-electron chi connectivity index (χ2n) is 5.74. The van der Waals surface area contributed by atoms with Crippen LogP contribution < -0.4 is 0 Å². The third-order valence-corrected chi connectivity index (χ3v) is 2.63. The summed E-state index contributed by atoms with van der Waals surface area (Å²) in [4.78, 5) is 0. The Labute approximate surface area is 115 Å². The first-order valence-corrected chi connectivity index (χ1v) is 7.70. The lowest BCUT2D eigenvalue weighted by Crippen LogP contribution is -1.78. The third-order valence-electron chi connectivity index (χ3n) is 2.63. The van der Waals surface area contributed by atoms with Crippen molar-refractivity contribution in [2.75, 3.05) is 0 Å². The molecule has 0 N–H and O–H groups in total. The Kier molecular flexibility index (Phi) is 12.1. The van der Waals surface area contributed by atoms with E-state index in [0.29, 0.717) is 0 Å². The second-order valence-corrected chi connectivity index (χ2v) is 5.74. The lowest BCUT2D eigenvalue weighted by atomic mass is 10.1. The minimum Gasteiger partial charge on any atom is -0.0651 e. The van der Waals surface area contributed by atoms with E-state index in [4.69, 9.17) is 0 Å². The van der Waals surface area contributed by atoms with Gasteiger partial charge >= 0.3 is 0 Å². The standard InChI is InChI=1S/C9H12.C5H10.C4H10/c1-2-6-9-7-4-3-5-8-9;1-2-4-5-3-1;1-4(2)3/h3-5,7-8H,2,6H2,1H3;1-5H2;4H,1-3H3. The van der Waals surface area contributed by atoms with Crippen LogP contribution >= 0.6 is 0 Å². The maximum absolute atomic E-state index is 2.20. The summed E-state index contributed by atoms with van der Waals surface area (Å²) in [6.45, 7) is 8.70. The van der Waals surface area contributed by atoms with Crippen molar-refractivity contribution in [3.8, 4) is 0 Å². The zero-order valence-electron chi connectivity index (χ0n) is 12.9. The summed E-state index contributed by atoms with van der Waals surface area (Å²) in [5, 5.41) is 0. The fourth-order valence-electron chi connectivity index (χ4n) is 1.82. The lowest BCUT2D eigenvalue weighted by Gasteiger charge is -1.93. The lowest BCUT2D eigenvalue weighted by molar-refractivity contribution is 0.737. The van der Waals surface area contributed by atoms with Gasteiger partial charge in [0.1, 0.15) is 0 Å². The monoisotopic (exact) mass is 248 g/mol. The molecular weight excluding hydrogens is 216 g/mol. The van der Waals surface area contributed by atoms with E-state index in [1.807, 2.05) is 0 Å². The predicted molar refractivity (Wildman–Crippen MR) is 84.0 cm³/mol. The summed E-state index contributed by atoms with van der Waals surface area (Å²) < 4.78 is 0. The Hall–Kier alpha value is -0.780. The van der Waals surface area contributed by atoms with Crippen LogP contribution in [0.3, 0.4) is 0 Å². The van der Waals surface area contributed by atoms with Crippen molar-refractivity contribution in [2.24, 2.45) is 5.92 Å². The molecule has 1 aromatic carbocycles. The molecule has 0 aliphatic heterocycles. The molecule has 0 saturated heterocycles. The first kappa shape index (κ1) is 17.2. The topological polar surface area (TPSA) is 0 Å². The minimum atomic E-state index is 0.833. The Morgan fingerprint density at radius 1 is 0.833 bits per heavy atom. The van der Waals surface area contributed by atoms with Gasteiger partial charge in [-0.25, -0.2) is 0 Å². The third kappa shape index (κ3) is 13.3. The highest BCUT2D eigenvalue weighted by Crippen LogP contribution is 2.15. The summed E-state index contributed by atoms with van der Waals surface area (Å²) in [7, 11) is 0. The maximum atomic E-state index is 2.20. The van der Waals surface area contributed by atoms with E-state index in [1.165, 1.54) is 50.5 Å². The van der Waals surface area contributed by atoms with E-state index in [-0.39, 0.29) is 0 Å². The van der Waals surface area contributed by atoms with Gasteiger partial charge in [0.15, 0.2) is 0 Å². The highest BCUT2D eigenvalue weighted by atomic mass is 14.0. The minimum absolute atomic E-state index is 0.833. The van der Waals surface area contributed by atoms with Gasteiger partial charge in [0.25, 0.3) is 0 Å². The van der Waals surface area contributed by atoms with Crippen molar-refractivity contribution in [3.05, 3.63) is 35.9 Å². The SMILES string of the molecule is C1CCCC1.CC(C)C.CCCc1ccccc1. The molecule has 0 amide bonds. The molecule has 1 aromatic rings. The molecule has 0 bridgehead atoms. The Morgan fingerprint density at radius 2 is 1.22 bits per heavy atom. The Morgan fingerprint density at radius 3 is 1.56 bits per heavy atom. The quantitative estimate of drug-likeness (QED) is 0.580. The molecule has 0 atom stereocenters.